The molecule has 0 aliphatic carbocycles. The fourth-order valence-electron chi connectivity index (χ4n) is 7.19. The van der Waals surface area contributed by atoms with Crippen molar-refractivity contribution in [3.63, 3.8) is 0 Å². The van der Waals surface area contributed by atoms with Gasteiger partial charge < -0.3 is 4.57 Å². The van der Waals surface area contributed by atoms with E-state index in [1.165, 1.54) is 82.4 Å². The minimum Gasteiger partial charge on any atom is -0.309 e. The van der Waals surface area contributed by atoms with Crippen LogP contribution in [0.2, 0.25) is 0 Å². The second-order valence-corrected chi connectivity index (χ2v) is 11.7. The number of hydrogen-bond donors (Lipinski definition) is 0. The lowest BCUT2D eigenvalue weighted by molar-refractivity contribution is 1.18. The van der Waals surface area contributed by atoms with Crippen LogP contribution in [-0.4, -0.2) is 4.57 Å². The van der Waals surface area contributed by atoms with Crippen molar-refractivity contribution in [2.45, 2.75) is 0 Å². The maximum atomic E-state index is 2.37. The van der Waals surface area contributed by atoms with Crippen LogP contribution in [0.25, 0.3) is 82.4 Å². The van der Waals surface area contributed by atoms with Gasteiger partial charge in [0.2, 0.25) is 0 Å². The zero-order valence-electron chi connectivity index (χ0n) is 24.7. The summed E-state index contributed by atoms with van der Waals surface area (Å²) in [5.74, 6) is 0. The number of para-hydroxylation sites is 2. The molecular formula is C44H29N. The Morgan fingerprint density at radius 2 is 0.689 bits per heavy atom. The third-order valence-electron chi connectivity index (χ3n) is 9.19. The van der Waals surface area contributed by atoms with Crippen LogP contribution in [0.1, 0.15) is 0 Å². The van der Waals surface area contributed by atoms with Crippen molar-refractivity contribution in [3.05, 3.63) is 176 Å². The Balaban J connectivity index is 1.20. The van der Waals surface area contributed by atoms with Gasteiger partial charge >= 0.3 is 0 Å². The van der Waals surface area contributed by atoms with Crippen LogP contribution in [0.4, 0.5) is 0 Å². The van der Waals surface area contributed by atoms with Gasteiger partial charge in [0.25, 0.3) is 0 Å². The number of fused-ring (bicyclic) bond motifs is 5. The molecule has 0 saturated carbocycles. The van der Waals surface area contributed by atoms with Crippen LogP contribution in [0.15, 0.2) is 176 Å². The molecule has 9 rings (SSSR count). The smallest absolute Gasteiger partial charge is 0.0541 e. The van der Waals surface area contributed by atoms with Crippen molar-refractivity contribution < 1.29 is 0 Å². The fraction of sp³-hybridized carbons (Fsp3) is 0. The Morgan fingerprint density at radius 1 is 0.267 bits per heavy atom. The van der Waals surface area contributed by atoms with E-state index in [-0.39, 0.29) is 0 Å². The molecule has 0 unspecified atom stereocenters. The highest BCUT2D eigenvalue weighted by molar-refractivity contribution is 6.21. The van der Waals surface area contributed by atoms with Gasteiger partial charge in [0, 0.05) is 16.5 Å². The highest BCUT2D eigenvalue weighted by Gasteiger charge is 2.17. The van der Waals surface area contributed by atoms with Crippen molar-refractivity contribution in [2.75, 3.05) is 0 Å². The largest absolute Gasteiger partial charge is 0.309 e. The molecule has 0 aliphatic heterocycles. The monoisotopic (exact) mass is 571 g/mol. The number of nitrogens with zero attached hydrogens (tertiary/aromatic N) is 1. The van der Waals surface area contributed by atoms with E-state index in [1.807, 2.05) is 0 Å². The summed E-state index contributed by atoms with van der Waals surface area (Å²) < 4.78 is 2.37. The molecule has 0 N–H and O–H groups in total. The Morgan fingerprint density at radius 3 is 1.29 bits per heavy atom. The first-order valence-corrected chi connectivity index (χ1v) is 15.5. The molecule has 1 nitrogen and oxygen atoms in total. The van der Waals surface area contributed by atoms with Gasteiger partial charge in [-0.05, 0) is 85.3 Å². The molecule has 0 atom stereocenters. The molecule has 0 amide bonds. The van der Waals surface area contributed by atoms with Crippen molar-refractivity contribution in [2.24, 2.45) is 0 Å². The lowest BCUT2D eigenvalue weighted by Crippen LogP contribution is -1.92. The zero-order chi connectivity index (χ0) is 29.7. The summed E-state index contributed by atoms with van der Waals surface area (Å²) in [7, 11) is 0. The average molecular weight is 572 g/mol. The topological polar surface area (TPSA) is 4.93 Å². The minimum absolute atomic E-state index is 1.18. The summed E-state index contributed by atoms with van der Waals surface area (Å²) in [6.07, 6.45) is 0. The predicted molar refractivity (Wildman–Crippen MR) is 192 cm³/mol. The SMILES string of the molecule is c1ccc(-c2c3ccccc3c(-c3ccc(-c4ccc5c(c4)c4ccccc4n5-c4ccccc4)cc3)c3ccccc23)cc1. The van der Waals surface area contributed by atoms with Gasteiger partial charge in [-0.3, -0.25) is 0 Å². The van der Waals surface area contributed by atoms with Crippen LogP contribution in [0, 0.1) is 0 Å². The Labute approximate surface area is 262 Å². The summed E-state index contributed by atoms with van der Waals surface area (Å²) in [5.41, 5.74) is 11.1. The first-order chi connectivity index (χ1) is 22.3. The first-order valence-electron chi connectivity index (χ1n) is 15.5. The molecule has 0 bridgehead atoms. The van der Waals surface area contributed by atoms with Crippen LogP contribution >= 0.6 is 0 Å². The number of benzene rings is 8. The third-order valence-corrected chi connectivity index (χ3v) is 9.19. The molecular weight excluding hydrogens is 542 g/mol. The minimum atomic E-state index is 1.18. The van der Waals surface area contributed by atoms with E-state index >= 15 is 0 Å². The lowest BCUT2D eigenvalue weighted by atomic mass is 9.86. The zero-order valence-corrected chi connectivity index (χ0v) is 24.7. The molecule has 210 valence electrons. The van der Waals surface area contributed by atoms with E-state index in [9.17, 15) is 0 Å². The standard InChI is InChI=1S/C44H29N/c1-3-13-31(14-4-1)43-36-18-7-9-20-38(36)44(39-21-10-8-19-37(39)43)32-25-23-30(24-26-32)33-27-28-42-40(29-33)35-17-11-12-22-41(35)45(42)34-15-5-2-6-16-34/h1-29H. The van der Waals surface area contributed by atoms with Crippen LogP contribution in [-0.2, 0) is 0 Å². The molecule has 0 saturated heterocycles. The lowest BCUT2D eigenvalue weighted by Gasteiger charge is -2.18. The summed E-state index contributed by atoms with van der Waals surface area (Å²) in [4.78, 5) is 0. The summed E-state index contributed by atoms with van der Waals surface area (Å²) >= 11 is 0. The molecule has 45 heavy (non-hydrogen) atoms. The highest BCUT2D eigenvalue weighted by atomic mass is 15.0. The molecule has 0 aliphatic rings. The number of hydrogen-bond acceptors (Lipinski definition) is 0. The van der Waals surface area contributed by atoms with Gasteiger partial charge in [0.15, 0.2) is 0 Å². The summed E-state index contributed by atoms with van der Waals surface area (Å²) in [6.45, 7) is 0. The van der Waals surface area contributed by atoms with E-state index in [2.05, 4.69) is 180 Å². The van der Waals surface area contributed by atoms with Crippen LogP contribution < -0.4 is 0 Å². The van der Waals surface area contributed by atoms with Gasteiger partial charge in [-0.1, -0.05) is 146 Å². The summed E-state index contributed by atoms with van der Waals surface area (Å²) in [5, 5.41) is 7.65. The molecule has 1 aromatic heterocycles. The van der Waals surface area contributed by atoms with Crippen LogP contribution in [0.5, 0.6) is 0 Å². The maximum Gasteiger partial charge on any atom is 0.0541 e. The highest BCUT2D eigenvalue weighted by Crippen LogP contribution is 2.44. The molecule has 1 heterocycles. The Bertz CT molecular complexity index is 2450. The van der Waals surface area contributed by atoms with Crippen molar-refractivity contribution in [3.8, 4) is 39.1 Å². The van der Waals surface area contributed by atoms with Crippen molar-refractivity contribution in [1.82, 2.24) is 4.57 Å². The normalized spacial score (nSPS) is 11.6. The van der Waals surface area contributed by atoms with Crippen molar-refractivity contribution in [1.29, 1.82) is 0 Å². The van der Waals surface area contributed by atoms with Gasteiger partial charge in [0.1, 0.15) is 0 Å². The summed E-state index contributed by atoms with van der Waals surface area (Å²) in [6, 6.07) is 63.9. The Hall–Kier alpha value is -5.92. The molecule has 9 aromatic rings. The van der Waals surface area contributed by atoms with E-state index < -0.39 is 0 Å². The van der Waals surface area contributed by atoms with Crippen molar-refractivity contribution >= 4 is 43.4 Å². The third kappa shape index (κ3) is 4.09. The molecule has 1 heteroatoms. The van der Waals surface area contributed by atoms with E-state index in [1.54, 1.807) is 0 Å². The van der Waals surface area contributed by atoms with Gasteiger partial charge in [-0.2, -0.15) is 0 Å². The van der Waals surface area contributed by atoms with Gasteiger partial charge in [-0.25, -0.2) is 0 Å². The first kappa shape index (κ1) is 25.6. The second-order valence-electron chi connectivity index (χ2n) is 11.7. The van der Waals surface area contributed by atoms with Crippen LogP contribution in [0.3, 0.4) is 0 Å². The van der Waals surface area contributed by atoms with E-state index in [0.717, 1.165) is 0 Å². The molecule has 8 aromatic carbocycles. The Kier molecular flexibility index (Phi) is 5.89. The molecule has 0 spiro atoms. The number of rotatable bonds is 4. The molecule has 0 fully saturated rings. The maximum absolute atomic E-state index is 2.37. The van der Waals surface area contributed by atoms with Gasteiger partial charge in [-0.15, -0.1) is 0 Å². The fourth-order valence-corrected chi connectivity index (χ4v) is 7.19. The quantitative estimate of drug-likeness (QED) is 0.185. The van der Waals surface area contributed by atoms with Gasteiger partial charge in [0.05, 0.1) is 11.0 Å². The predicted octanol–water partition coefficient (Wildman–Crippen LogP) is 12.1. The number of aromatic nitrogens is 1. The molecule has 0 radical (unpaired) electrons. The van der Waals surface area contributed by atoms with E-state index in [4.69, 9.17) is 0 Å². The second kappa shape index (κ2) is 10.4. The average Bonchev–Trinajstić information content (AvgIpc) is 3.45. The van der Waals surface area contributed by atoms with E-state index in [0.29, 0.717) is 0 Å².